The Morgan fingerprint density at radius 3 is 2.50 bits per heavy atom. The number of hydrogen-bond donors (Lipinski definition) is 1. The van der Waals surface area contributed by atoms with Gasteiger partial charge in [0.25, 0.3) is 5.91 Å². The van der Waals surface area contributed by atoms with E-state index >= 15 is 0 Å². The van der Waals surface area contributed by atoms with Crippen LogP contribution >= 0.6 is 0 Å². The van der Waals surface area contributed by atoms with Crippen LogP contribution in [0.4, 0.5) is 0 Å². The summed E-state index contributed by atoms with van der Waals surface area (Å²) in [6.07, 6.45) is 4.96. The number of rotatable bonds is 6. The maximum atomic E-state index is 12.3. The van der Waals surface area contributed by atoms with Crippen molar-refractivity contribution in [2.75, 3.05) is 0 Å². The first-order valence-electron chi connectivity index (χ1n) is 8.74. The highest BCUT2D eigenvalue weighted by molar-refractivity contribution is 5.94. The lowest BCUT2D eigenvalue weighted by molar-refractivity contribution is 0.0947. The molecule has 2 aromatic heterocycles. The fourth-order valence-corrected chi connectivity index (χ4v) is 2.60. The molecule has 0 atom stereocenters. The predicted octanol–water partition coefficient (Wildman–Crippen LogP) is 4.46. The van der Waals surface area contributed by atoms with E-state index < -0.39 is 0 Å². The van der Waals surface area contributed by atoms with Crippen LogP contribution in [0, 0.1) is 0 Å². The Labute approximate surface area is 161 Å². The van der Waals surface area contributed by atoms with Crippen LogP contribution < -0.4 is 10.1 Å². The van der Waals surface area contributed by atoms with E-state index in [2.05, 4.69) is 15.3 Å². The lowest BCUT2D eigenvalue weighted by Crippen LogP contribution is -2.22. The zero-order chi connectivity index (χ0) is 19.2. The number of carbonyl (C=O) groups is 1. The van der Waals surface area contributed by atoms with Gasteiger partial charge in [0.15, 0.2) is 5.76 Å². The van der Waals surface area contributed by atoms with E-state index in [1.807, 2.05) is 36.4 Å². The second kappa shape index (κ2) is 8.18. The Hall–Kier alpha value is -3.93. The van der Waals surface area contributed by atoms with Gasteiger partial charge in [-0.15, -0.1) is 0 Å². The van der Waals surface area contributed by atoms with Gasteiger partial charge in [-0.2, -0.15) is 0 Å². The van der Waals surface area contributed by atoms with Gasteiger partial charge in [0, 0.05) is 17.3 Å². The highest BCUT2D eigenvalue weighted by Crippen LogP contribution is 2.21. The minimum Gasteiger partial charge on any atom is -0.456 e. The van der Waals surface area contributed by atoms with Crippen molar-refractivity contribution in [3.63, 3.8) is 0 Å². The molecule has 0 saturated carbocycles. The van der Waals surface area contributed by atoms with Crippen LogP contribution in [-0.4, -0.2) is 15.9 Å². The van der Waals surface area contributed by atoms with E-state index in [0.29, 0.717) is 28.7 Å². The molecule has 0 aliphatic carbocycles. The van der Waals surface area contributed by atoms with Crippen LogP contribution in [0.15, 0.2) is 89.7 Å². The van der Waals surface area contributed by atoms with Crippen LogP contribution in [0.3, 0.4) is 0 Å². The maximum absolute atomic E-state index is 12.3. The lowest BCUT2D eigenvalue weighted by Gasteiger charge is -2.06. The Balaban J connectivity index is 1.34. The molecule has 0 fully saturated rings. The summed E-state index contributed by atoms with van der Waals surface area (Å²) in [6, 6.07) is 20.2. The zero-order valence-corrected chi connectivity index (χ0v) is 14.9. The quantitative estimate of drug-likeness (QED) is 0.541. The van der Waals surface area contributed by atoms with Crippen molar-refractivity contribution in [3.8, 4) is 22.8 Å². The van der Waals surface area contributed by atoms with Crippen LogP contribution in [0.5, 0.6) is 11.5 Å². The van der Waals surface area contributed by atoms with Crippen LogP contribution in [0.2, 0.25) is 0 Å². The number of pyridine rings is 1. The number of nitrogens with zero attached hydrogens (tertiary/aromatic N) is 2. The number of nitrogens with one attached hydrogen (secondary N) is 1. The molecule has 6 nitrogen and oxygen atoms in total. The molecule has 0 radical (unpaired) electrons. The molecular weight excluding hydrogens is 354 g/mol. The Morgan fingerprint density at radius 1 is 0.929 bits per heavy atom. The Kier molecular flexibility index (Phi) is 5.11. The van der Waals surface area contributed by atoms with Gasteiger partial charge in [0.2, 0.25) is 5.89 Å². The summed E-state index contributed by atoms with van der Waals surface area (Å²) in [5.41, 5.74) is 1.46. The molecule has 1 N–H and O–H groups in total. The SMILES string of the molecule is O=C(NCc1ncc(-c2ccccc2)o1)c1ccc(Oc2cccnc2)cc1. The highest BCUT2D eigenvalue weighted by Gasteiger charge is 2.10. The number of hydrogen-bond acceptors (Lipinski definition) is 5. The first-order chi connectivity index (χ1) is 13.8. The van der Waals surface area contributed by atoms with Crippen molar-refractivity contribution >= 4 is 5.91 Å². The minimum atomic E-state index is -0.215. The monoisotopic (exact) mass is 371 g/mol. The summed E-state index contributed by atoms with van der Waals surface area (Å²) in [4.78, 5) is 20.5. The molecule has 0 aliphatic heterocycles. The van der Waals surface area contributed by atoms with E-state index in [0.717, 1.165) is 5.56 Å². The van der Waals surface area contributed by atoms with E-state index in [1.54, 1.807) is 48.9 Å². The van der Waals surface area contributed by atoms with Gasteiger partial charge >= 0.3 is 0 Å². The fraction of sp³-hybridized carbons (Fsp3) is 0.0455. The van der Waals surface area contributed by atoms with Crippen molar-refractivity contribution in [3.05, 3.63) is 96.8 Å². The van der Waals surface area contributed by atoms with Crippen molar-refractivity contribution < 1.29 is 13.9 Å². The van der Waals surface area contributed by atoms with Crippen LogP contribution in [0.1, 0.15) is 16.2 Å². The fourth-order valence-electron chi connectivity index (χ4n) is 2.60. The van der Waals surface area contributed by atoms with Crippen molar-refractivity contribution in [1.82, 2.24) is 15.3 Å². The largest absolute Gasteiger partial charge is 0.456 e. The lowest BCUT2D eigenvalue weighted by atomic mass is 10.2. The summed E-state index contributed by atoms with van der Waals surface area (Å²) in [6.45, 7) is 0.208. The van der Waals surface area contributed by atoms with Crippen molar-refractivity contribution in [2.45, 2.75) is 6.54 Å². The topological polar surface area (TPSA) is 77.2 Å². The summed E-state index contributed by atoms with van der Waals surface area (Å²) in [5.74, 6) is 2.17. The summed E-state index contributed by atoms with van der Waals surface area (Å²) >= 11 is 0. The Morgan fingerprint density at radius 2 is 1.75 bits per heavy atom. The number of ether oxygens (including phenoxy) is 1. The number of benzene rings is 2. The molecular formula is C22H17N3O3. The average molecular weight is 371 g/mol. The standard InChI is InChI=1S/C22H17N3O3/c26-22(17-8-10-18(11-9-17)27-19-7-4-12-23-13-19)25-15-21-24-14-20(28-21)16-5-2-1-3-6-16/h1-14H,15H2,(H,25,26). The van der Waals surface area contributed by atoms with E-state index in [-0.39, 0.29) is 12.5 Å². The molecule has 6 heteroatoms. The molecule has 4 rings (SSSR count). The van der Waals surface area contributed by atoms with Crippen molar-refractivity contribution in [2.24, 2.45) is 0 Å². The molecule has 1 amide bonds. The van der Waals surface area contributed by atoms with Gasteiger partial charge in [-0.1, -0.05) is 30.3 Å². The molecule has 2 heterocycles. The smallest absolute Gasteiger partial charge is 0.251 e. The minimum absolute atomic E-state index is 0.208. The van der Waals surface area contributed by atoms with Gasteiger partial charge in [-0.25, -0.2) is 4.98 Å². The highest BCUT2D eigenvalue weighted by atomic mass is 16.5. The van der Waals surface area contributed by atoms with Gasteiger partial charge in [0.1, 0.15) is 11.5 Å². The van der Waals surface area contributed by atoms with Crippen LogP contribution in [0.25, 0.3) is 11.3 Å². The van der Waals surface area contributed by atoms with E-state index in [1.165, 1.54) is 0 Å². The second-order valence-corrected chi connectivity index (χ2v) is 5.98. The first-order valence-corrected chi connectivity index (χ1v) is 8.74. The van der Waals surface area contributed by atoms with Gasteiger partial charge < -0.3 is 14.5 Å². The third-order valence-electron chi connectivity index (χ3n) is 4.00. The zero-order valence-electron chi connectivity index (χ0n) is 14.9. The molecule has 4 aromatic rings. The van der Waals surface area contributed by atoms with Gasteiger partial charge in [-0.05, 0) is 36.4 Å². The number of carbonyl (C=O) groups excluding carboxylic acids is 1. The van der Waals surface area contributed by atoms with E-state index in [4.69, 9.17) is 9.15 Å². The van der Waals surface area contributed by atoms with Crippen molar-refractivity contribution in [1.29, 1.82) is 0 Å². The molecule has 2 aromatic carbocycles. The average Bonchev–Trinajstić information content (AvgIpc) is 3.23. The van der Waals surface area contributed by atoms with Crippen LogP contribution in [-0.2, 0) is 6.54 Å². The third kappa shape index (κ3) is 4.24. The number of oxazole rings is 1. The molecule has 0 bridgehead atoms. The predicted molar refractivity (Wildman–Crippen MR) is 104 cm³/mol. The van der Waals surface area contributed by atoms with E-state index in [9.17, 15) is 4.79 Å². The van der Waals surface area contributed by atoms with Gasteiger partial charge in [-0.3, -0.25) is 9.78 Å². The number of aromatic nitrogens is 2. The van der Waals surface area contributed by atoms with Gasteiger partial charge in [0.05, 0.1) is 18.9 Å². The number of amides is 1. The maximum Gasteiger partial charge on any atom is 0.251 e. The molecule has 0 unspecified atom stereocenters. The third-order valence-corrected chi connectivity index (χ3v) is 4.00. The molecule has 0 spiro atoms. The molecule has 28 heavy (non-hydrogen) atoms. The first kappa shape index (κ1) is 17.5. The summed E-state index contributed by atoms with van der Waals surface area (Å²) < 4.78 is 11.4. The normalized spacial score (nSPS) is 10.4. The summed E-state index contributed by atoms with van der Waals surface area (Å²) in [5, 5.41) is 2.80. The molecule has 0 aliphatic rings. The summed E-state index contributed by atoms with van der Waals surface area (Å²) in [7, 11) is 0. The Bertz CT molecular complexity index is 1050. The molecule has 138 valence electrons. The molecule has 0 saturated heterocycles. The second-order valence-electron chi connectivity index (χ2n) is 5.98.